The number of hydrogen-bond donors (Lipinski definition) is 3. The third kappa shape index (κ3) is 6.72. The van der Waals surface area contributed by atoms with Crippen molar-refractivity contribution in [3.8, 4) is 5.75 Å². The van der Waals surface area contributed by atoms with Crippen molar-refractivity contribution >= 4 is 21.7 Å². The van der Waals surface area contributed by atoms with E-state index in [2.05, 4.69) is 5.32 Å². The van der Waals surface area contributed by atoms with E-state index in [0.29, 0.717) is 24.4 Å². The molecule has 8 nitrogen and oxygen atoms in total. The number of aliphatic hydroxyl groups is 1. The molecule has 0 radical (unpaired) electrons. The molecule has 0 spiro atoms. The van der Waals surface area contributed by atoms with E-state index in [1.54, 1.807) is 36.4 Å². The van der Waals surface area contributed by atoms with Crippen molar-refractivity contribution in [3.05, 3.63) is 54.1 Å². The molecule has 0 bridgehead atoms. The lowest BCUT2D eigenvalue weighted by molar-refractivity contribution is -0.137. The normalized spacial score (nSPS) is 12.4. The smallest absolute Gasteiger partial charge is 0.303 e. The minimum absolute atomic E-state index is 0.0306. The molecule has 0 heterocycles. The van der Waals surface area contributed by atoms with Crippen LogP contribution in [0.5, 0.6) is 5.75 Å². The van der Waals surface area contributed by atoms with E-state index >= 15 is 0 Å². The zero-order valence-electron chi connectivity index (χ0n) is 17.1. The van der Waals surface area contributed by atoms with Crippen LogP contribution in [0.25, 0.3) is 0 Å². The largest absolute Gasteiger partial charge is 0.497 e. The number of nitrogens with zero attached hydrogens (tertiary/aromatic N) is 1. The van der Waals surface area contributed by atoms with Gasteiger partial charge in [-0.1, -0.05) is 17.7 Å². The first kappa shape index (κ1) is 23.7. The summed E-state index contributed by atoms with van der Waals surface area (Å²) in [5.41, 5.74) is 1.34. The molecule has 0 fully saturated rings. The number of rotatable bonds is 12. The fraction of sp³-hybridized carbons (Fsp3) is 0.381. The average Bonchev–Trinajstić information content (AvgIpc) is 2.72. The van der Waals surface area contributed by atoms with Crippen molar-refractivity contribution < 1.29 is 28.2 Å². The molecule has 30 heavy (non-hydrogen) atoms. The second-order valence-electron chi connectivity index (χ2n) is 6.90. The maximum absolute atomic E-state index is 13.3. The summed E-state index contributed by atoms with van der Waals surface area (Å²) in [7, 11) is -2.38. The Hall–Kier alpha value is -2.62. The molecule has 1 atom stereocenters. The molecule has 3 N–H and O–H groups in total. The zero-order valence-corrected chi connectivity index (χ0v) is 17.9. The third-order valence-corrected chi connectivity index (χ3v) is 6.28. The predicted octanol–water partition coefficient (Wildman–Crippen LogP) is 2.01. The molecular formula is C21H28N2O6S. The summed E-state index contributed by atoms with van der Waals surface area (Å²) in [5.74, 6) is -0.292. The first-order chi connectivity index (χ1) is 14.2. The molecule has 0 saturated carbocycles. The Labute approximate surface area is 177 Å². The third-order valence-electron chi connectivity index (χ3n) is 4.47. The number of benzene rings is 2. The summed E-state index contributed by atoms with van der Waals surface area (Å²) in [6, 6.07) is 13.1. The lowest BCUT2D eigenvalue weighted by Crippen LogP contribution is -2.41. The van der Waals surface area contributed by atoms with E-state index in [4.69, 9.17) is 9.84 Å². The Morgan fingerprint density at radius 2 is 1.77 bits per heavy atom. The number of ether oxygens (including phenoxy) is 1. The molecule has 164 valence electrons. The van der Waals surface area contributed by atoms with Crippen LogP contribution in [0.4, 0.5) is 5.69 Å². The molecular weight excluding hydrogens is 408 g/mol. The first-order valence-electron chi connectivity index (χ1n) is 9.58. The van der Waals surface area contributed by atoms with Crippen molar-refractivity contribution in [2.45, 2.75) is 30.8 Å². The van der Waals surface area contributed by atoms with Gasteiger partial charge in [0.05, 0.1) is 30.3 Å². The Balaban J connectivity index is 2.18. The number of aryl methyl sites for hydroxylation is 1. The number of carbonyl (C=O) groups is 1. The van der Waals surface area contributed by atoms with Crippen LogP contribution in [0.15, 0.2) is 53.4 Å². The fourth-order valence-electron chi connectivity index (χ4n) is 2.82. The van der Waals surface area contributed by atoms with E-state index in [0.717, 1.165) is 5.56 Å². The van der Waals surface area contributed by atoms with E-state index in [9.17, 15) is 18.3 Å². The van der Waals surface area contributed by atoms with E-state index in [1.807, 2.05) is 6.92 Å². The highest BCUT2D eigenvalue weighted by atomic mass is 32.2. The van der Waals surface area contributed by atoms with Gasteiger partial charge in [-0.05, 0) is 56.3 Å². The highest BCUT2D eigenvalue weighted by Gasteiger charge is 2.27. The maximum Gasteiger partial charge on any atom is 0.303 e. The Bertz CT molecular complexity index is 914. The zero-order chi connectivity index (χ0) is 22.1. The molecule has 0 aliphatic heterocycles. The predicted molar refractivity (Wildman–Crippen MR) is 114 cm³/mol. The minimum atomic E-state index is -3.90. The quantitative estimate of drug-likeness (QED) is 0.436. The summed E-state index contributed by atoms with van der Waals surface area (Å²) in [6.07, 6.45) is -0.536. The van der Waals surface area contributed by atoms with Gasteiger partial charge in [0.15, 0.2) is 0 Å². The topological polar surface area (TPSA) is 116 Å². The number of hydrogen-bond acceptors (Lipinski definition) is 6. The molecule has 2 aromatic carbocycles. The van der Waals surface area contributed by atoms with Crippen molar-refractivity contribution in [1.29, 1.82) is 0 Å². The van der Waals surface area contributed by atoms with Crippen LogP contribution in [0.2, 0.25) is 0 Å². The lowest BCUT2D eigenvalue weighted by Gasteiger charge is -2.27. The number of carboxylic acid groups (broad SMARTS) is 1. The van der Waals surface area contributed by atoms with Gasteiger partial charge in [-0.3, -0.25) is 9.10 Å². The SMILES string of the molecule is COc1ccc(N(C[C@@H](O)CNCCCC(=O)O)S(=O)(=O)c2ccc(C)cc2)cc1. The van der Waals surface area contributed by atoms with Gasteiger partial charge in [0.25, 0.3) is 10.0 Å². The van der Waals surface area contributed by atoms with Gasteiger partial charge in [-0.15, -0.1) is 0 Å². The second-order valence-corrected chi connectivity index (χ2v) is 8.76. The fourth-order valence-corrected chi connectivity index (χ4v) is 4.32. The van der Waals surface area contributed by atoms with Crippen LogP contribution >= 0.6 is 0 Å². The number of anilines is 1. The number of carboxylic acids is 1. The highest BCUT2D eigenvalue weighted by molar-refractivity contribution is 7.92. The van der Waals surface area contributed by atoms with E-state index in [-0.39, 0.29) is 24.4 Å². The van der Waals surface area contributed by atoms with Crippen molar-refractivity contribution in [3.63, 3.8) is 0 Å². The summed E-state index contributed by atoms with van der Waals surface area (Å²) in [6.45, 7) is 2.26. The van der Waals surface area contributed by atoms with Crippen LogP contribution < -0.4 is 14.4 Å². The van der Waals surface area contributed by atoms with Crippen molar-refractivity contribution in [1.82, 2.24) is 5.32 Å². The number of nitrogens with one attached hydrogen (secondary N) is 1. The Morgan fingerprint density at radius 1 is 1.13 bits per heavy atom. The lowest BCUT2D eigenvalue weighted by atomic mass is 10.2. The molecule has 2 rings (SSSR count). The number of methoxy groups -OCH3 is 1. The van der Waals surface area contributed by atoms with Gasteiger partial charge in [0, 0.05) is 13.0 Å². The van der Waals surface area contributed by atoms with Gasteiger partial charge in [0.2, 0.25) is 0 Å². The molecule has 0 aliphatic rings. The summed E-state index contributed by atoms with van der Waals surface area (Å²) < 4.78 is 32.9. The van der Waals surface area contributed by atoms with Crippen LogP contribution in [-0.2, 0) is 14.8 Å². The van der Waals surface area contributed by atoms with Crippen molar-refractivity contribution in [2.75, 3.05) is 31.0 Å². The maximum atomic E-state index is 13.3. The second kappa shape index (κ2) is 11.0. The van der Waals surface area contributed by atoms with Crippen LogP contribution in [0, 0.1) is 6.92 Å². The van der Waals surface area contributed by atoms with Gasteiger partial charge in [-0.2, -0.15) is 0 Å². The van der Waals surface area contributed by atoms with Crippen LogP contribution in [0.1, 0.15) is 18.4 Å². The molecule has 0 unspecified atom stereocenters. The average molecular weight is 437 g/mol. The minimum Gasteiger partial charge on any atom is -0.497 e. The Kier molecular flexibility index (Phi) is 8.64. The highest BCUT2D eigenvalue weighted by Crippen LogP contribution is 2.26. The monoisotopic (exact) mass is 436 g/mol. The molecule has 9 heteroatoms. The van der Waals surface area contributed by atoms with Crippen LogP contribution in [-0.4, -0.2) is 57.4 Å². The van der Waals surface area contributed by atoms with Gasteiger partial charge in [-0.25, -0.2) is 8.42 Å². The molecule has 0 aliphatic carbocycles. The first-order valence-corrected chi connectivity index (χ1v) is 11.0. The summed E-state index contributed by atoms with van der Waals surface area (Å²) >= 11 is 0. The number of aliphatic carboxylic acids is 1. The number of sulfonamides is 1. The molecule has 0 aromatic heterocycles. The molecule has 2 aromatic rings. The summed E-state index contributed by atoms with van der Waals surface area (Å²) in [5, 5.41) is 22.1. The van der Waals surface area contributed by atoms with Gasteiger partial charge >= 0.3 is 5.97 Å². The van der Waals surface area contributed by atoms with Crippen molar-refractivity contribution in [2.24, 2.45) is 0 Å². The van der Waals surface area contributed by atoms with Gasteiger partial charge in [0.1, 0.15) is 5.75 Å². The van der Waals surface area contributed by atoms with E-state index in [1.165, 1.54) is 23.5 Å². The van der Waals surface area contributed by atoms with E-state index < -0.39 is 22.1 Å². The molecule has 0 saturated heterocycles. The Morgan fingerprint density at radius 3 is 2.33 bits per heavy atom. The summed E-state index contributed by atoms with van der Waals surface area (Å²) in [4.78, 5) is 10.7. The standard InChI is InChI=1S/C21H28N2O6S/c1-16-5-11-20(12-6-16)30(27,28)23(17-7-9-19(29-2)10-8-17)15-18(24)14-22-13-3-4-21(25)26/h5-12,18,22,24H,3-4,13-15H2,1-2H3,(H,25,26)/t18-/m0/s1. The van der Waals surface area contributed by atoms with Gasteiger partial charge < -0.3 is 20.3 Å². The molecule has 0 amide bonds. The van der Waals surface area contributed by atoms with Crippen LogP contribution in [0.3, 0.4) is 0 Å². The number of aliphatic hydroxyl groups excluding tert-OH is 1.